The van der Waals surface area contributed by atoms with Crippen molar-refractivity contribution in [3.8, 4) is 5.75 Å². The lowest BCUT2D eigenvalue weighted by atomic mass is 9.53. The molecule has 0 aromatic heterocycles. The van der Waals surface area contributed by atoms with Crippen molar-refractivity contribution < 1.29 is 14.9 Å². The molecule has 0 aliphatic heterocycles. The molecule has 168 valence electrons. The van der Waals surface area contributed by atoms with Gasteiger partial charge in [-0.25, -0.2) is 0 Å². The van der Waals surface area contributed by atoms with Crippen LogP contribution in [0.1, 0.15) is 107 Å². The lowest BCUT2D eigenvalue weighted by Crippen LogP contribution is -2.44. The molecule has 0 heterocycles. The summed E-state index contributed by atoms with van der Waals surface area (Å²) in [4.78, 5) is 0. The maximum absolute atomic E-state index is 10.7. The molecular formula is C27H42O3. The van der Waals surface area contributed by atoms with Crippen LogP contribution in [0.5, 0.6) is 5.75 Å². The largest absolute Gasteiger partial charge is 0.508 e. The van der Waals surface area contributed by atoms with Gasteiger partial charge in [-0.05, 0) is 104 Å². The van der Waals surface area contributed by atoms with E-state index in [9.17, 15) is 10.2 Å². The molecule has 4 rings (SSSR count). The monoisotopic (exact) mass is 414 g/mol. The van der Waals surface area contributed by atoms with E-state index in [2.05, 4.69) is 26.0 Å². The van der Waals surface area contributed by atoms with E-state index in [1.165, 1.54) is 68.9 Å². The van der Waals surface area contributed by atoms with Gasteiger partial charge in [0.15, 0.2) is 0 Å². The van der Waals surface area contributed by atoms with Crippen molar-refractivity contribution in [3.05, 3.63) is 29.3 Å². The first-order valence-electron chi connectivity index (χ1n) is 12.6. The Morgan fingerprint density at radius 1 is 1.03 bits per heavy atom. The van der Waals surface area contributed by atoms with Crippen LogP contribution in [-0.4, -0.2) is 29.5 Å². The summed E-state index contributed by atoms with van der Waals surface area (Å²) in [5, 5.41) is 20.9. The summed E-state index contributed by atoms with van der Waals surface area (Å²) in [6.07, 6.45) is 13.2. The molecule has 0 bridgehead atoms. The normalized spacial score (nSPS) is 35.0. The average molecular weight is 415 g/mol. The highest BCUT2D eigenvalue weighted by Gasteiger charge is 2.55. The van der Waals surface area contributed by atoms with Gasteiger partial charge in [0.25, 0.3) is 0 Å². The van der Waals surface area contributed by atoms with Crippen molar-refractivity contribution in [2.75, 3.05) is 13.2 Å². The van der Waals surface area contributed by atoms with Crippen molar-refractivity contribution in [1.82, 2.24) is 0 Å². The Morgan fingerprint density at radius 2 is 1.83 bits per heavy atom. The Kier molecular flexibility index (Phi) is 7.09. The SMILES string of the molecule is CCOCCCCCCC[C@@H]1C[C@@H]2[C@H](CC[C@]3(C)[C@@H](O)CC[C@@H]23)c2ccc(O)cc21. The topological polar surface area (TPSA) is 49.7 Å². The van der Waals surface area contributed by atoms with Gasteiger partial charge in [0.2, 0.25) is 0 Å². The molecule has 1 aromatic rings. The van der Waals surface area contributed by atoms with Crippen LogP contribution >= 0.6 is 0 Å². The van der Waals surface area contributed by atoms with E-state index < -0.39 is 0 Å². The van der Waals surface area contributed by atoms with Gasteiger partial charge in [0, 0.05) is 13.2 Å². The number of aliphatic hydroxyl groups is 1. The molecular weight excluding hydrogens is 372 g/mol. The van der Waals surface area contributed by atoms with Gasteiger partial charge in [-0.15, -0.1) is 0 Å². The van der Waals surface area contributed by atoms with E-state index in [-0.39, 0.29) is 11.5 Å². The van der Waals surface area contributed by atoms with Crippen LogP contribution in [0.25, 0.3) is 0 Å². The zero-order valence-corrected chi connectivity index (χ0v) is 19.1. The van der Waals surface area contributed by atoms with E-state index in [4.69, 9.17) is 4.74 Å². The number of fused-ring (bicyclic) bond motifs is 5. The molecule has 2 N–H and O–H groups in total. The van der Waals surface area contributed by atoms with Crippen molar-refractivity contribution in [2.24, 2.45) is 17.3 Å². The smallest absolute Gasteiger partial charge is 0.115 e. The Bertz CT molecular complexity index is 701. The third-order valence-corrected chi connectivity index (χ3v) is 8.90. The van der Waals surface area contributed by atoms with E-state index in [0.717, 1.165) is 26.1 Å². The van der Waals surface area contributed by atoms with E-state index in [1.54, 1.807) is 0 Å². The standard InChI is InChI=1S/C27H42O3/c1-3-30-16-8-6-4-5-7-9-19-17-24-22(21-11-10-20(28)18-23(19)21)14-15-27(2)25(24)12-13-26(27)29/h10-11,18-19,22,24-26,28-29H,3-9,12-17H2,1-2H3/t19-,22-,24-,25+,26+,27+/m1/s1. The van der Waals surface area contributed by atoms with Crippen LogP contribution in [0.15, 0.2) is 18.2 Å². The minimum Gasteiger partial charge on any atom is -0.508 e. The van der Waals surface area contributed by atoms with Crippen LogP contribution in [0.2, 0.25) is 0 Å². The molecule has 6 atom stereocenters. The van der Waals surface area contributed by atoms with Crippen LogP contribution in [0.4, 0.5) is 0 Å². The first-order chi connectivity index (χ1) is 14.5. The molecule has 2 saturated carbocycles. The summed E-state index contributed by atoms with van der Waals surface area (Å²) in [5.41, 5.74) is 3.06. The fourth-order valence-electron chi connectivity index (χ4n) is 7.23. The first-order valence-corrected chi connectivity index (χ1v) is 12.6. The Hall–Kier alpha value is -1.06. The number of aliphatic hydroxyl groups excluding tert-OH is 1. The van der Waals surface area contributed by atoms with E-state index in [0.29, 0.717) is 29.4 Å². The molecule has 1 aromatic carbocycles. The quantitative estimate of drug-likeness (QED) is 0.452. The van der Waals surface area contributed by atoms with Gasteiger partial charge >= 0.3 is 0 Å². The average Bonchev–Trinajstić information content (AvgIpc) is 3.04. The van der Waals surface area contributed by atoms with Crippen LogP contribution in [0.3, 0.4) is 0 Å². The number of phenolic OH excluding ortho intramolecular Hbond substituents is 1. The maximum Gasteiger partial charge on any atom is 0.115 e. The molecule has 30 heavy (non-hydrogen) atoms. The second-order valence-corrected chi connectivity index (χ2v) is 10.5. The predicted molar refractivity (Wildman–Crippen MR) is 122 cm³/mol. The maximum atomic E-state index is 10.7. The zero-order chi connectivity index (χ0) is 21.1. The third-order valence-electron chi connectivity index (χ3n) is 8.90. The van der Waals surface area contributed by atoms with Gasteiger partial charge in [0.05, 0.1) is 6.10 Å². The summed E-state index contributed by atoms with van der Waals surface area (Å²) in [5.74, 6) is 2.98. The molecule has 0 radical (unpaired) electrons. The predicted octanol–water partition coefficient (Wildman–Crippen LogP) is 6.53. The number of rotatable bonds is 9. The summed E-state index contributed by atoms with van der Waals surface area (Å²) in [6, 6.07) is 6.18. The lowest BCUT2D eigenvalue weighted by Gasteiger charge is -2.51. The van der Waals surface area contributed by atoms with Crippen LogP contribution in [-0.2, 0) is 4.74 Å². The molecule has 0 saturated heterocycles. The highest BCUT2D eigenvalue weighted by atomic mass is 16.5. The van der Waals surface area contributed by atoms with Crippen molar-refractivity contribution in [1.29, 1.82) is 0 Å². The molecule has 3 aliphatic carbocycles. The zero-order valence-electron chi connectivity index (χ0n) is 19.1. The molecule has 0 unspecified atom stereocenters. The Balaban J connectivity index is 1.42. The minimum atomic E-state index is -0.111. The fraction of sp³-hybridized carbons (Fsp3) is 0.778. The summed E-state index contributed by atoms with van der Waals surface area (Å²) < 4.78 is 5.44. The second-order valence-electron chi connectivity index (χ2n) is 10.5. The number of hydrogen-bond acceptors (Lipinski definition) is 3. The highest BCUT2D eigenvalue weighted by molar-refractivity contribution is 5.42. The van der Waals surface area contributed by atoms with Gasteiger partial charge in [-0.1, -0.05) is 38.7 Å². The van der Waals surface area contributed by atoms with Crippen molar-refractivity contribution >= 4 is 0 Å². The molecule has 3 aliphatic rings. The molecule has 0 spiro atoms. The minimum absolute atomic E-state index is 0.111. The van der Waals surface area contributed by atoms with Crippen LogP contribution in [0, 0.1) is 17.3 Å². The number of hydrogen-bond donors (Lipinski definition) is 2. The van der Waals surface area contributed by atoms with Gasteiger partial charge in [0.1, 0.15) is 5.75 Å². The Labute approximate surface area is 183 Å². The van der Waals surface area contributed by atoms with Gasteiger partial charge < -0.3 is 14.9 Å². The van der Waals surface area contributed by atoms with Crippen molar-refractivity contribution in [3.63, 3.8) is 0 Å². The van der Waals surface area contributed by atoms with Gasteiger partial charge in [-0.3, -0.25) is 0 Å². The van der Waals surface area contributed by atoms with Crippen LogP contribution < -0.4 is 0 Å². The number of benzene rings is 1. The van der Waals surface area contributed by atoms with Crippen molar-refractivity contribution in [2.45, 2.75) is 102 Å². The number of phenols is 1. The number of aromatic hydroxyl groups is 1. The lowest BCUT2D eigenvalue weighted by molar-refractivity contribution is -0.0252. The summed E-state index contributed by atoms with van der Waals surface area (Å²) in [6.45, 7) is 6.15. The van der Waals surface area contributed by atoms with E-state index >= 15 is 0 Å². The molecule has 3 heteroatoms. The fourth-order valence-corrected chi connectivity index (χ4v) is 7.23. The van der Waals surface area contributed by atoms with E-state index in [1.807, 2.05) is 6.07 Å². The highest BCUT2D eigenvalue weighted by Crippen LogP contribution is 2.62. The number of ether oxygens (including phenoxy) is 1. The molecule has 3 nitrogen and oxygen atoms in total. The first kappa shape index (κ1) is 22.1. The number of unbranched alkanes of at least 4 members (excludes halogenated alkanes) is 4. The third kappa shape index (κ3) is 4.30. The Morgan fingerprint density at radius 3 is 2.67 bits per heavy atom. The molecule has 0 amide bonds. The summed E-state index contributed by atoms with van der Waals surface area (Å²) in [7, 11) is 0. The summed E-state index contributed by atoms with van der Waals surface area (Å²) >= 11 is 0. The molecule has 2 fully saturated rings. The second kappa shape index (κ2) is 9.61. The van der Waals surface area contributed by atoms with Gasteiger partial charge in [-0.2, -0.15) is 0 Å².